The third kappa shape index (κ3) is 3.79. The molecule has 2 aliphatic heterocycles. The molecule has 31 heavy (non-hydrogen) atoms. The maximum atomic E-state index is 12.9. The van der Waals surface area contributed by atoms with E-state index in [4.69, 9.17) is 9.47 Å². The van der Waals surface area contributed by atoms with Crippen molar-refractivity contribution in [1.29, 1.82) is 0 Å². The van der Waals surface area contributed by atoms with Crippen LogP contribution in [0.2, 0.25) is 0 Å². The van der Waals surface area contributed by atoms with E-state index in [1.54, 1.807) is 29.2 Å². The molecule has 1 amide bonds. The second-order valence-corrected chi connectivity index (χ2v) is 7.71. The van der Waals surface area contributed by atoms with E-state index in [2.05, 4.69) is 9.88 Å². The summed E-state index contributed by atoms with van der Waals surface area (Å²) in [5, 5.41) is 0. The number of carbonyl (C=O) groups excluding carboxylic acids is 1. The summed E-state index contributed by atoms with van der Waals surface area (Å²) in [6, 6.07) is 12.9. The zero-order chi connectivity index (χ0) is 21.4. The SMILES string of the molecule is O=C(Cn1c(=O)c(=O)[nH]c2ccccc21)N1CCN(Cc2ccc3c(c2)OCO3)CC1. The Hall–Kier alpha value is -3.59. The number of para-hydroxylation sites is 2. The predicted molar refractivity (Wildman–Crippen MR) is 113 cm³/mol. The van der Waals surface area contributed by atoms with Crippen molar-refractivity contribution in [2.45, 2.75) is 13.1 Å². The quantitative estimate of drug-likeness (QED) is 0.624. The molecule has 3 heterocycles. The van der Waals surface area contributed by atoms with Crippen LogP contribution in [-0.4, -0.2) is 58.2 Å². The standard InChI is InChI=1S/C22H22N4O5/c27-20(13-26-17-4-2-1-3-16(17)23-21(28)22(26)29)25-9-7-24(8-10-25)12-15-5-6-18-19(11-15)31-14-30-18/h1-6,11H,7-10,12-14H2,(H,23,28). The lowest BCUT2D eigenvalue weighted by Crippen LogP contribution is -2.50. The number of aromatic nitrogens is 2. The Morgan fingerprint density at radius 3 is 2.58 bits per heavy atom. The van der Waals surface area contributed by atoms with Crippen molar-refractivity contribution < 1.29 is 14.3 Å². The molecule has 0 bridgehead atoms. The van der Waals surface area contributed by atoms with Gasteiger partial charge < -0.3 is 19.4 Å². The number of hydrogen-bond donors (Lipinski definition) is 1. The molecule has 5 rings (SSSR count). The van der Waals surface area contributed by atoms with E-state index in [9.17, 15) is 14.4 Å². The zero-order valence-corrected chi connectivity index (χ0v) is 16.9. The molecule has 9 heteroatoms. The number of hydrogen-bond acceptors (Lipinski definition) is 6. The molecule has 0 saturated carbocycles. The average molecular weight is 422 g/mol. The Bertz CT molecular complexity index is 1260. The fraction of sp³-hybridized carbons (Fsp3) is 0.318. The summed E-state index contributed by atoms with van der Waals surface area (Å²) in [5.74, 6) is 1.36. The van der Waals surface area contributed by atoms with E-state index in [-0.39, 0.29) is 19.2 Å². The highest BCUT2D eigenvalue weighted by molar-refractivity contribution is 5.80. The maximum Gasteiger partial charge on any atom is 0.317 e. The first-order valence-electron chi connectivity index (χ1n) is 10.2. The van der Waals surface area contributed by atoms with Gasteiger partial charge in [-0.1, -0.05) is 18.2 Å². The summed E-state index contributed by atoms with van der Waals surface area (Å²) < 4.78 is 12.0. The van der Waals surface area contributed by atoms with Crippen LogP contribution in [0.3, 0.4) is 0 Å². The van der Waals surface area contributed by atoms with Crippen LogP contribution in [0.4, 0.5) is 0 Å². The lowest BCUT2D eigenvalue weighted by molar-refractivity contribution is -0.133. The molecule has 0 radical (unpaired) electrons. The smallest absolute Gasteiger partial charge is 0.317 e. The summed E-state index contributed by atoms with van der Waals surface area (Å²) >= 11 is 0. The second-order valence-electron chi connectivity index (χ2n) is 7.71. The van der Waals surface area contributed by atoms with Gasteiger partial charge in [-0.2, -0.15) is 0 Å². The van der Waals surface area contributed by atoms with E-state index in [0.717, 1.165) is 36.7 Å². The minimum atomic E-state index is -0.722. The number of piperazine rings is 1. The second kappa shape index (κ2) is 7.92. The topological polar surface area (TPSA) is 96.9 Å². The minimum Gasteiger partial charge on any atom is -0.454 e. The van der Waals surface area contributed by atoms with E-state index >= 15 is 0 Å². The van der Waals surface area contributed by atoms with Crippen molar-refractivity contribution in [1.82, 2.24) is 19.4 Å². The Morgan fingerprint density at radius 2 is 1.74 bits per heavy atom. The van der Waals surface area contributed by atoms with Crippen LogP contribution in [0.5, 0.6) is 11.5 Å². The molecule has 9 nitrogen and oxygen atoms in total. The number of H-pyrrole nitrogens is 1. The van der Waals surface area contributed by atoms with Crippen molar-refractivity contribution in [3.8, 4) is 11.5 Å². The Morgan fingerprint density at radius 1 is 0.968 bits per heavy atom. The molecule has 0 unspecified atom stereocenters. The maximum absolute atomic E-state index is 12.9. The van der Waals surface area contributed by atoms with Gasteiger partial charge >= 0.3 is 11.1 Å². The van der Waals surface area contributed by atoms with E-state index in [0.29, 0.717) is 24.1 Å². The molecule has 1 fully saturated rings. The number of nitrogens with zero attached hydrogens (tertiary/aromatic N) is 3. The van der Waals surface area contributed by atoms with Crippen LogP contribution in [0, 0.1) is 0 Å². The van der Waals surface area contributed by atoms with Gasteiger partial charge in [-0.15, -0.1) is 0 Å². The zero-order valence-electron chi connectivity index (χ0n) is 16.9. The molecule has 3 aromatic rings. The summed E-state index contributed by atoms with van der Waals surface area (Å²) in [4.78, 5) is 43.8. The summed E-state index contributed by atoms with van der Waals surface area (Å²) in [7, 11) is 0. The first-order chi connectivity index (χ1) is 15.1. The van der Waals surface area contributed by atoms with E-state index < -0.39 is 11.1 Å². The van der Waals surface area contributed by atoms with Crippen LogP contribution >= 0.6 is 0 Å². The fourth-order valence-electron chi connectivity index (χ4n) is 4.07. The molecule has 1 N–H and O–H groups in total. The molecule has 1 saturated heterocycles. The van der Waals surface area contributed by atoms with Gasteiger partial charge in [0.2, 0.25) is 12.7 Å². The van der Waals surface area contributed by atoms with Crippen LogP contribution in [0.25, 0.3) is 11.0 Å². The highest BCUT2D eigenvalue weighted by Crippen LogP contribution is 2.32. The molecule has 2 aromatic carbocycles. The molecule has 0 atom stereocenters. The first kappa shape index (κ1) is 19.4. The monoisotopic (exact) mass is 422 g/mol. The Kier molecular flexibility index (Phi) is 4.95. The lowest BCUT2D eigenvalue weighted by atomic mass is 10.1. The van der Waals surface area contributed by atoms with Crippen molar-refractivity contribution in [3.63, 3.8) is 0 Å². The Balaban J connectivity index is 1.24. The number of rotatable bonds is 4. The number of nitrogens with one attached hydrogen (secondary N) is 1. The van der Waals surface area contributed by atoms with Crippen LogP contribution in [0.15, 0.2) is 52.1 Å². The molecule has 0 aliphatic carbocycles. The molecular formula is C22H22N4O5. The number of aromatic amines is 1. The fourth-order valence-corrected chi connectivity index (χ4v) is 4.07. The molecule has 2 aliphatic rings. The van der Waals surface area contributed by atoms with Crippen molar-refractivity contribution in [2.75, 3.05) is 33.0 Å². The van der Waals surface area contributed by atoms with Gasteiger partial charge in [-0.25, -0.2) is 0 Å². The van der Waals surface area contributed by atoms with E-state index in [1.807, 2.05) is 18.2 Å². The van der Waals surface area contributed by atoms with Gasteiger partial charge in [0, 0.05) is 32.7 Å². The molecule has 1 aromatic heterocycles. The molecular weight excluding hydrogens is 400 g/mol. The molecule has 0 spiro atoms. The number of ether oxygens (including phenoxy) is 2. The predicted octanol–water partition coefficient (Wildman–Crippen LogP) is 0.763. The van der Waals surface area contributed by atoms with Gasteiger partial charge in [0.05, 0.1) is 11.0 Å². The van der Waals surface area contributed by atoms with Gasteiger partial charge in [0.25, 0.3) is 0 Å². The number of benzene rings is 2. The van der Waals surface area contributed by atoms with Crippen LogP contribution in [-0.2, 0) is 17.9 Å². The van der Waals surface area contributed by atoms with Crippen LogP contribution in [0.1, 0.15) is 5.56 Å². The Labute approximate surface area is 177 Å². The van der Waals surface area contributed by atoms with E-state index in [1.165, 1.54) is 4.57 Å². The van der Waals surface area contributed by atoms with Gasteiger partial charge in [-0.05, 0) is 29.8 Å². The average Bonchev–Trinajstić information content (AvgIpc) is 3.25. The number of fused-ring (bicyclic) bond motifs is 2. The van der Waals surface area contributed by atoms with Crippen molar-refractivity contribution in [2.24, 2.45) is 0 Å². The number of amides is 1. The van der Waals surface area contributed by atoms with Gasteiger partial charge in [0.15, 0.2) is 11.5 Å². The summed E-state index contributed by atoms with van der Waals surface area (Å²) in [6.07, 6.45) is 0. The number of carbonyl (C=O) groups is 1. The van der Waals surface area contributed by atoms with Gasteiger partial charge in [0.1, 0.15) is 6.54 Å². The largest absolute Gasteiger partial charge is 0.454 e. The van der Waals surface area contributed by atoms with Crippen molar-refractivity contribution in [3.05, 3.63) is 68.7 Å². The third-order valence-electron chi connectivity index (χ3n) is 5.74. The first-order valence-corrected chi connectivity index (χ1v) is 10.2. The van der Waals surface area contributed by atoms with Gasteiger partial charge in [-0.3, -0.25) is 23.9 Å². The summed E-state index contributed by atoms with van der Waals surface area (Å²) in [6.45, 7) is 3.46. The van der Waals surface area contributed by atoms with Crippen LogP contribution < -0.4 is 20.6 Å². The minimum absolute atomic E-state index is 0.147. The summed E-state index contributed by atoms with van der Waals surface area (Å²) in [5.41, 5.74) is 0.773. The highest BCUT2D eigenvalue weighted by Gasteiger charge is 2.23. The normalized spacial score (nSPS) is 16.1. The highest BCUT2D eigenvalue weighted by atomic mass is 16.7. The third-order valence-corrected chi connectivity index (χ3v) is 5.74. The molecule has 160 valence electrons. The lowest BCUT2D eigenvalue weighted by Gasteiger charge is -2.35. The van der Waals surface area contributed by atoms with Crippen molar-refractivity contribution >= 4 is 16.9 Å².